The molecule has 0 amide bonds. The van der Waals surface area contributed by atoms with E-state index in [1.807, 2.05) is 0 Å². The van der Waals surface area contributed by atoms with Gasteiger partial charge in [0, 0.05) is 12.6 Å². The van der Waals surface area contributed by atoms with Crippen molar-refractivity contribution in [3.8, 4) is 5.75 Å². The van der Waals surface area contributed by atoms with Gasteiger partial charge in [-0.3, -0.25) is 4.90 Å². The summed E-state index contributed by atoms with van der Waals surface area (Å²) in [7, 11) is 1.75. The Balaban J connectivity index is 1.71. The monoisotopic (exact) mass is 274 g/mol. The Morgan fingerprint density at radius 3 is 3.00 bits per heavy atom. The molecule has 20 heavy (non-hydrogen) atoms. The molecule has 2 unspecified atom stereocenters. The summed E-state index contributed by atoms with van der Waals surface area (Å²) in [5, 5.41) is 0. The third kappa shape index (κ3) is 2.84. The van der Waals surface area contributed by atoms with Crippen LogP contribution in [0.4, 0.5) is 0 Å². The van der Waals surface area contributed by atoms with Crippen molar-refractivity contribution in [2.45, 2.75) is 38.1 Å². The van der Waals surface area contributed by atoms with E-state index in [1.54, 1.807) is 7.11 Å². The van der Waals surface area contributed by atoms with Crippen LogP contribution in [0.5, 0.6) is 5.75 Å². The Morgan fingerprint density at radius 2 is 2.20 bits per heavy atom. The number of methoxy groups -OCH3 is 1. The molecule has 3 heteroatoms. The van der Waals surface area contributed by atoms with Gasteiger partial charge < -0.3 is 10.5 Å². The van der Waals surface area contributed by atoms with Crippen molar-refractivity contribution in [2.24, 2.45) is 11.7 Å². The van der Waals surface area contributed by atoms with Crippen molar-refractivity contribution < 1.29 is 4.74 Å². The maximum atomic E-state index is 5.87. The quantitative estimate of drug-likeness (QED) is 0.918. The van der Waals surface area contributed by atoms with Crippen LogP contribution >= 0.6 is 0 Å². The predicted molar refractivity (Wildman–Crippen MR) is 82.2 cm³/mol. The molecular weight excluding hydrogens is 248 g/mol. The summed E-state index contributed by atoms with van der Waals surface area (Å²) in [5.74, 6) is 1.69. The minimum absolute atomic E-state index is 0.698. The zero-order valence-corrected chi connectivity index (χ0v) is 12.5. The number of fused-ring (bicyclic) bond motifs is 1. The zero-order chi connectivity index (χ0) is 13.9. The third-order valence-electron chi connectivity index (χ3n) is 5.02. The van der Waals surface area contributed by atoms with Crippen LogP contribution in [0, 0.1) is 5.92 Å². The Labute approximate surface area is 122 Å². The predicted octanol–water partition coefficient (Wildman–Crippen LogP) is 2.22. The maximum absolute atomic E-state index is 5.87. The first kappa shape index (κ1) is 13.9. The lowest BCUT2D eigenvalue weighted by molar-refractivity contribution is 0.116. The van der Waals surface area contributed by atoms with Gasteiger partial charge in [-0.05, 0) is 74.4 Å². The molecule has 0 aromatic heterocycles. The van der Waals surface area contributed by atoms with Crippen LogP contribution < -0.4 is 10.5 Å². The van der Waals surface area contributed by atoms with Gasteiger partial charge in [-0.25, -0.2) is 0 Å². The molecular formula is C17H26N2O. The first-order valence-corrected chi connectivity index (χ1v) is 7.90. The lowest BCUT2D eigenvalue weighted by Gasteiger charge is -2.40. The second-order valence-corrected chi connectivity index (χ2v) is 6.27. The van der Waals surface area contributed by atoms with Crippen LogP contribution in [0.1, 0.15) is 30.4 Å². The number of rotatable bonds is 3. The Bertz CT molecular complexity index is 460. The minimum Gasteiger partial charge on any atom is -0.497 e. The second-order valence-electron chi connectivity index (χ2n) is 6.27. The van der Waals surface area contributed by atoms with E-state index >= 15 is 0 Å². The molecule has 3 rings (SSSR count). The highest BCUT2D eigenvalue weighted by Gasteiger charge is 2.28. The largest absolute Gasteiger partial charge is 0.497 e. The highest BCUT2D eigenvalue weighted by molar-refractivity contribution is 5.37. The SMILES string of the molecule is COc1ccc2c(c1)CC(N1CCCC(CN)C1)CC2. The smallest absolute Gasteiger partial charge is 0.119 e. The molecule has 1 fully saturated rings. The number of ether oxygens (including phenoxy) is 1. The first-order valence-electron chi connectivity index (χ1n) is 7.90. The summed E-state index contributed by atoms with van der Waals surface area (Å²) in [6.45, 7) is 3.29. The number of hydrogen-bond acceptors (Lipinski definition) is 3. The van der Waals surface area contributed by atoms with Crippen molar-refractivity contribution in [2.75, 3.05) is 26.7 Å². The van der Waals surface area contributed by atoms with Crippen molar-refractivity contribution in [3.05, 3.63) is 29.3 Å². The van der Waals surface area contributed by atoms with Crippen LogP contribution in [0.2, 0.25) is 0 Å². The average molecular weight is 274 g/mol. The highest BCUT2D eigenvalue weighted by atomic mass is 16.5. The van der Waals surface area contributed by atoms with E-state index in [0.717, 1.165) is 12.3 Å². The Hall–Kier alpha value is -1.06. The molecule has 2 aliphatic rings. The molecule has 1 saturated heterocycles. The summed E-state index contributed by atoms with van der Waals surface area (Å²) in [5.41, 5.74) is 8.86. The second kappa shape index (κ2) is 6.15. The van der Waals surface area contributed by atoms with Crippen LogP contribution in [0.3, 0.4) is 0 Å². The van der Waals surface area contributed by atoms with E-state index in [4.69, 9.17) is 10.5 Å². The zero-order valence-electron chi connectivity index (χ0n) is 12.5. The fourth-order valence-corrected chi connectivity index (χ4v) is 3.77. The third-order valence-corrected chi connectivity index (χ3v) is 5.02. The molecule has 3 nitrogen and oxygen atoms in total. The fraction of sp³-hybridized carbons (Fsp3) is 0.647. The number of nitrogens with zero attached hydrogens (tertiary/aromatic N) is 1. The van der Waals surface area contributed by atoms with E-state index in [1.165, 1.54) is 56.3 Å². The molecule has 2 atom stereocenters. The average Bonchev–Trinajstić information content (AvgIpc) is 2.53. The van der Waals surface area contributed by atoms with Gasteiger partial charge in [-0.2, -0.15) is 0 Å². The molecule has 0 spiro atoms. The number of hydrogen-bond donors (Lipinski definition) is 1. The number of likely N-dealkylation sites (tertiary alicyclic amines) is 1. The number of benzene rings is 1. The van der Waals surface area contributed by atoms with E-state index in [0.29, 0.717) is 12.0 Å². The van der Waals surface area contributed by atoms with Crippen LogP contribution in [-0.2, 0) is 12.8 Å². The van der Waals surface area contributed by atoms with Gasteiger partial charge in [0.1, 0.15) is 5.75 Å². The molecule has 110 valence electrons. The summed E-state index contributed by atoms with van der Waals surface area (Å²) >= 11 is 0. The molecule has 1 aromatic carbocycles. The van der Waals surface area contributed by atoms with E-state index < -0.39 is 0 Å². The standard InChI is InChI=1S/C17H26N2O/c1-20-17-7-5-14-4-6-16(9-15(14)10-17)19-8-2-3-13(11-18)12-19/h5,7,10,13,16H,2-4,6,8-9,11-12,18H2,1H3. The first-order chi connectivity index (χ1) is 9.80. The summed E-state index contributed by atoms with van der Waals surface area (Å²) in [4.78, 5) is 2.68. The summed E-state index contributed by atoms with van der Waals surface area (Å²) in [6.07, 6.45) is 6.28. The van der Waals surface area contributed by atoms with Crippen molar-refractivity contribution in [1.29, 1.82) is 0 Å². The van der Waals surface area contributed by atoms with Gasteiger partial charge in [0.25, 0.3) is 0 Å². The molecule has 0 saturated carbocycles. The van der Waals surface area contributed by atoms with E-state index in [-0.39, 0.29) is 0 Å². The normalized spacial score (nSPS) is 27.1. The number of piperidine rings is 1. The van der Waals surface area contributed by atoms with E-state index in [9.17, 15) is 0 Å². The molecule has 1 heterocycles. The topological polar surface area (TPSA) is 38.5 Å². The minimum atomic E-state index is 0.698. The van der Waals surface area contributed by atoms with Gasteiger partial charge in [-0.1, -0.05) is 6.07 Å². The molecule has 1 aromatic rings. The van der Waals surface area contributed by atoms with Crippen LogP contribution in [0.15, 0.2) is 18.2 Å². The van der Waals surface area contributed by atoms with Gasteiger partial charge >= 0.3 is 0 Å². The maximum Gasteiger partial charge on any atom is 0.119 e. The fourth-order valence-electron chi connectivity index (χ4n) is 3.77. The molecule has 0 radical (unpaired) electrons. The van der Waals surface area contributed by atoms with Gasteiger partial charge in [-0.15, -0.1) is 0 Å². The van der Waals surface area contributed by atoms with E-state index in [2.05, 4.69) is 23.1 Å². The lowest BCUT2D eigenvalue weighted by atomic mass is 9.85. The molecule has 2 N–H and O–H groups in total. The number of nitrogens with two attached hydrogens (primary N) is 1. The summed E-state index contributed by atoms with van der Waals surface area (Å²) in [6, 6.07) is 7.25. The lowest BCUT2D eigenvalue weighted by Crippen LogP contribution is -2.46. The van der Waals surface area contributed by atoms with Crippen molar-refractivity contribution in [1.82, 2.24) is 4.90 Å². The number of aryl methyl sites for hydroxylation is 1. The van der Waals surface area contributed by atoms with Crippen molar-refractivity contribution >= 4 is 0 Å². The van der Waals surface area contributed by atoms with Gasteiger partial charge in [0.2, 0.25) is 0 Å². The molecule has 1 aliphatic carbocycles. The molecule has 1 aliphatic heterocycles. The Kier molecular flexibility index (Phi) is 4.27. The van der Waals surface area contributed by atoms with Gasteiger partial charge in [0.05, 0.1) is 7.11 Å². The Morgan fingerprint density at radius 1 is 1.30 bits per heavy atom. The molecule has 0 bridgehead atoms. The van der Waals surface area contributed by atoms with Gasteiger partial charge in [0.15, 0.2) is 0 Å². The van der Waals surface area contributed by atoms with Crippen LogP contribution in [0.25, 0.3) is 0 Å². The van der Waals surface area contributed by atoms with Crippen molar-refractivity contribution in [3.63, 3.8) is 0 Å². The highest BCUT2D eigenvalue weighted by Crippen LogP contribution is 2.29. The van der Waals surface area contributed by atoms with Crippen LogP contribution in [-0.4, -0.2) is 37.7 Å². The summed E-state index contributed by atoms with van der Waals surface area (Å²) < 4.78 is 5.37.